The van der Waals surface area contributed by atoms with Gasteiger partial charge in [-0.3, -0.25) is 9.59 Å². The van der Waals surface area contributed by atoms with Gasteiger partial charge in [0.1, 0.15) is 6.61 Å². The first-order chi connectivity index (χ1) is 11.0. The fourth-order valence-electron chi connectivity index (χ4n) is 4.19. The van der Waals surface area contributed by atoms with Crippen LogP contribution in [0.15, 0.2) is 0 Å². The number of hydrogen-bond donors (Lipinski definition) is 1. The van der Waals surface area contributed by atoms with Gasteiger partial charge in [0.25, 0.3) is 0 Å². The van der Waals surface area contributed by atoms with Gasteiger partial charge in [-0.15, -0.1) is 0 Å². The number of ether oxygens (including phenoxy) is 1. The minimum Gasteiger partial charge on any atom is -0.389 e. The number of nitrogens with zero attached hydrogens (tertiary/aromatic N) is 2. The van der Waals surface area contributed by atoms with Crippen molar-refractivity contribution in [1.82, 2.24) is 9.80 Å². The lowest BCUT2D eigenvalue weighted by Gasteiger charge is -2.37. The Morgan fingerprint density at radius 3 is 2.70 bits per heavy atom. The van der Waals surface area contributed by atoms with Crippen molar-refractivity contribution in [3.63, 3.8) is 0 Å². The van der Waals surface area contributed by atoms with Gasteiger partial charge in [-0.25, -0.2) is 0 Å². The minimum atomic E-state index is -0.808. The molecule has 0 radical (unpaired) electrons. The van der Waals surface area contributed by atoms with E-state index in [-0.39, 0.29) is 37.0 Å². The maximum absolute atomic E-state index is 12.6. The topological polar surface area (TPSA) is 70.1 Å². The molecule has 2 amide bonds. The summed E-state index contributed by atoms with van der Waals surface area (Å²) in [5.74, 6) is 0.0598. The highest BCUT2D eigenvalue weighted by molar-refractivity contribution is 5.79. The van der Waals surface area contributed by atoms with Gasteiger partial charge >= 0.3 is 0 Å². The fourth-order valence-corrected chi connectivity index (χ4v) is 4.19. The summed E-state index contributed by atoms with van der Waals surface area (Å²) in [5, 5.41) is 10.6. The molecule has 2 aliphatic heterocycles. The van der Waals surface area contributed by atoms with Crippen molar-refractivity contribution in [3.8, 4) is 0 Å². The highest BCUT2D eigenvalue weighted by Gasteiger charge is 2.38. The highest BCUT2D eigenvalue weighted by atomic mass is 16.5. The molecule has 3 aliphatic rings. The van der Waals surface area contributed by atoms with Crippen molar-refractivity contribution in [2.45, 2.75) is 69.1 Å². The van der Waals surface area contributed by atoms with Crippen LogP contribution < -0.4 is 0 Å². The molecule has 0 spiro atoms. The predicted molar refractivity (Wildman–Crippen MR) is 84.8 cm³/mol. The normalized spacial score (nSPS) is 31.5. The first kappa shape index (κ1) is 16.7. The number of rotatable bonds is 2. The lowest BCUT2D eigenvalue weighted by Crippen LogP contribution is -2.52. The molecule has 2 atom stereocenters. The molecule has 0 bridgehead atoms. The van der Waals surface area contributed by atoms with Crippen molar-refractivity contribution in [1.29, 1.82) is 0 Å². The van der Waals surface area contributed by atoms with E-state index in [1.165, 1.54) is 0 Å². The summed E-state index contributed by atoms with van der Waals surface area (Å²) in [5.41, 5.74) is -0.808. The van der Waals surface area contributed by atoms with E-state index >= 15 is 0 Å². The average Bonchev–Trinajstić information content (AvgIpc) is 2.74. The Morgan fingerprint density at radius 1 is 1.26 bits per heavy atom. The standard InChI is InChI=1S/C17H28N2O4/c1-18-13-5-9-19(10-6-14(13)23-12-16(18)21)15(20)11-17(22)7-3-2-4-8-17/h13-14,22H,2-12H2,1H3/t13-,14-/m0/s1. The Morgan fingerprint density at radius 2 is 1.96 bits per heavy atom. The second-order valence-electron chi connectivity index (χ2n) is 7.34. The Hall–Kier alpha value is -1.14. The number of morpholine rings is 1. The van der Waals surface area contributed by atoms with E-state index in [0.29, 0.717) is 13.1 Å². The van der Waals surface area contributed by atoms with Crippen LogP contribution in [0.2, 0.25) is 0 Å². The molecule has 0 aromatic rings. The van der Waals surface area contributed by atoms with Crippen molar-refractivity contribution >= 4 is 11.8 Å². The van der Waals surface area contributed by atoms with Gasteiger partial charge in [0.2, 0.25) is 11.8 Å². The van der Waals surface area contributed by atoms with E-state index in [1.54, 1.807) is 4.90 Å². The second kappa shape index (κ2) is 6.77. The monoisotopic (exact) mass is 324 g/mol. The van der Waals surface area contributed by atoms with Crippen LogP contribution in [0, 0.1) is 0 Å². The Balaban J connectivity index is 1.59. The molecule has 2 saturated heterocycles. The van der Waals surface area contributed by atoms with E-state index < -0.39 is 5.60 Å². The molecule has 0 aromatic heterocycles. The van der Waals surface area contributed by atoms with Crippen LogP contribution in [-0.4, -0.2) is 71.2 Å². The van der Waals surface area contributed by atoms with Gasteiger partial charge in [-0.1, -0.05) is 19.3 Å². The summed E-state index contributed by atoms with van der Waals surface area (Å²) in [4.78, 5) is 28.0. The summed E-state index contributed by atoms with van der Waals surface area (Å²) in [6.07, 6.45) is 6.40. The lowest BCUT2D eigenvalue weighted by atomic mass is 9.82. The van der Waals surface area contributed by atoms with Gasteiger partial charge in [-0.2, -0.15) is 0 Å². The van der Waals surface area contributed by atoms with E-state index in [9.17, 15) is 14.7 Å². The average molecular weight is 324 g/mol. The van der Waals surface area contributed by atoms with Crippen LogP contribution in [0.25, 0.3) is 0 Å². The molecule has 6 heteroatoms. The van der Waals surface area contributed by atoms with Gasteiger partial charge < -0.3 is 19.6 Å². The maximum Gasteiger partial charge on any atom is 0.248 e. The van der Waals surface area contributed by atoms with Crippen LogP contribution in [0.1, 0.15) is 51.4 Å². The number of fused-ring (bicyclic) bond motifs is 1. The zero-order valence-corrected chi connectivity index (χ0v) is 14.0. The zero-order chi connectivity index (χ0) is 16.4. The third kappa shape index (κ3) is 3.69. The van der Waals surface area contributed by atoms with Crippen molar-refractivity contribution in [2.75, 3.05) is 26.7 Å². The van der Waals surface area contributed by atoms with E-state index in [2.05, 4.69) is 0 Å². The predicted octanol–water partition coefficient (Wildman–Crippen LogP) is 0.920. The molecule has 6 nitrogen and oxygen atoms in total. The van der Waals surface area contributed by atoms with Gasteiger partial charge in [0.15, 0.2) is 0 Å². The number of likely N-dealkylation sites (tertiary alicyclic amines) is 1. The number of aliphatic hydroxyl groups is 1. The Bertz CT molecular complexity index is 462. The summed E-state index contributed by atoms with van der Waals surface area (Å²) < 4.78 is 5.66. The summed E-state index contributed by atoms with van der Waals surface area (Å²) >= 11 is 0. The maximum atomic E-state index is 12.6. The molecule has 23 heavy (non-hydrogen) atoms. The van der Waals surface area contributed by atoms with Crippen LogP contribution >= 0.6 is 0 Å². The molecule has 1 saturated carbocycles. The number of carbonyl (C=O) groups excluding carboxylic acids is 2. The van der Waals surface area contributed by atoms with Crippen LogP contribution in [0.5, 0.6) is 0 Å². The van der Waals surface area contributed by atoms with E-state index in [4.69, 9.17) is 4.74 Å². The second-order valence-corrected chi connectivity index (χ2v) is 7.34. The molecule has 3 rings (SSSR count). The fraction of sp³-hybridized carbons (Fsp3) is 0.882. The Labute approximate surface area is 137 Å². The van der Waals surface area contributed by atoms with Gasteiger partial charge in [0, 0.05) is 20.1 Å². The van der Waals surface area contributed by atoms with Crippen molar-refractivity contribution < 1.29 is 19.4 Å². The third-order valence-electron chi connectivity index (χ3n) is 5.74. The molecule has 0 unspecified atom stereocenters. The number of carbonyl (C=O) groups is 2. The van der Waals surface area contributed by atoms with Crippen molar-refractivity contribution in [3.05, 3.63) is 0 Å². The molecular weight excluding hydrogens is 296 g/mol. The third-order valence-corrected chi connectivity index (χ3v) is 5.74. The number of likely N-dealkylation sites (N-methyl/N-ethyl adjacent to an activating group) is 1. The number of amides is 2. The van der Waals surface area contributed by atoms with Crippen LogP contribution in [-0.2, 0) is 14.3 Å². The largest absolute Gasteiger partial charge is 0.389 e. The summed E-state index contributed by atoms with van der Waals surface area (Å²) in [6, 6.07) is 0.0619. The molecule has 0 aromatic carbocycles. The van der Waals surface area contributed by atoms with Crippen LogP contribution in [0.3, 0.4) is 0 Å². The SMILES string of the molecule is CN1C(=O)CO[C@H]2CCN(C(=O)CC3(O)CCCCC3)CC[C@@H]21. The van der Waals surface area contributed by atoms with Gasteiger partial charge in [0.05, 0.1) is 24.2 Å². The van der Waals surface area contributed by atoms with Gasteiger partial charge in [-0.05, 0) is 25.7 Å². The molecule has 2 heterocycles. The minimum absolute atomic E-state index is 0.0162. The molecule has 1 N–H and O–H groups in total. The molecule has 3 fully saturated rings. The molecule has 130 valence electrons. The first-order valence-electron chi connectivity index (χ1n) is 8.86. The van der Waals surface area contributed by atoms with E-state index in [1.807, 2.05) is 11.9 Å². The lowest BCUT2D eigenvalue weighted by molar-refractivity contribution is -0.154. The first-order valence-corrected chi connectivity index (χ1v) is 8.86. The molecular formula is C17H28N2O4. The zero-order valence-electron chi connectivity index (χ0n) is 14.0. The summed E-state index contributed by atoms with van der Waals surface area (Å²) in [7, 11) is 1.82. The number of hydrogen-bond acceptors (Lipinski definition) is 4. The van der Waals surface area contributed by atoms with E-state index in [0.717, 1.165) is 44.9 Å². The highest BCUT2D eigenvalue weighted by Crippen LogP contribution is 2.32. The van der Waals surface area contributed by atoms with Crippen LogP contribution in [0.4, 0.5) is 0 Å². The van der Waals surface area contributed by atoms with Crippen molar-refractivity contribution in [2.24, 2.45) is 0 Å². The molecule has 1 aliphatic carbocycles. The summed E-state index contributed by atoms with van der Waals surface area (Å²) in [6.45, 7) is 1.43. The quantitative estimate of drug-likeness (QED) is 0.820. The smallest absolute Gasteiger partial charge is 0.248 e. The Kier molecular flexibility index (Phi) is 4.92.